The van der Waals surface area contributed by atoms with Gasteiger partial charge in [0.15, 0.2) is 5.11 Å². The number of carbonyl (C=O) groups is 1. The van der Waals surface area contributed by atoms with Crippen molar-refractivity contribution < 1.29 is 9.53 Å². The molecule has 0 saturated heterocycles. The molecule has 3 N–H and O–H groups in total. The van der Waals surface area contributed by atoms with Crippen LogP contribution in [-0.4, -0.2) is 18.1 Å². The lowest BCUT2D eigenvalue weighted by atomic mass is 9.91. The fourth-order valence-electron chi connectivity index (χ4n) is 3.64. The van der Waals surface area contributed by atoms with Crippen LogP contribution in [0.15, 0.2) is 82.8 Å². The maximum atomic E-state index is 13.7. The molecule has 1 aliphatic heterocycles. The molecule has 5 nitrogen and oxygen atoms in total. The Kier molecular flexibility index (Phi) is 6.58. The zero-order valence-corrected chi connectivity index (χ0v) is 20.0. The van der Waals surface area contributed by atoms with Gasteiger partial charge in [0.1, 0.15) is 5.75 Å². The minimum atomic E-state index is -0.517. The standard InChI is InChI=1S/C25H22BrN3O2S/c1-15-8-11-18(12-9-15)27-24(30)21-22(16-6-4-3-5-7-16)28-25(32)29-23(21)19-14-17(26)10-13-20(19)31-2/h3-14,23H,1-2H3,(H,27,30)(H2,28,29,32)/t23-/m1/s1. The van der Waals surface area contributed by atoms with Gasteiger partial charge in [0.25, 0.3) is 5.91 Å². The highest BCUT2D eigenvalue weighted by atomic mass is 79.9. The second-order valence-electron chi connectivity index (χ2n) is 7.39. The Bertz CT molecular complexity index is 1190. The third-order valence-corrected chi connectivity index (χ3v) is 5.90. The maximum absolute atomic E-state index is 13.7. The lowest BCUT2D eigenvalue weighted by molar-refractivity contribution is -0.113. The highest BCUT2D eigenvalue weighted by molar-refractivity contribution is 9.10. The van der Waals surface area contributed by atoms with E-state index >= 15 is 0 Å². The van der Waals surface area contributed by atoms with Crippen LogP contribution in [0.25, 0.3) is 5.70 Å². The predicted octanol–water partition coefficient (Wildman–Crippen LogP) is 5.33. The molecule has 0 unspecified atom stereocenters. The molecular formula is C25H22BrN3O2S. The summed E-state index contributed by atoms with van der Waals surface area (Å²) in [5, 5.41) is 9.92. The van der Waals surface area contributed by atoms with Crippen molar-refractivity contribution in [3.8, 4) is 5.75 Å². The molecule has 1 atom stereocenters. The molecule has 0 fully saturated rings. The first-order valence-electron chi connectivity index (χ1n) is 10.0. The van der Waals surface area contributed by atoms with E-state index in [-0.39, 0.29) is 5.91 Å². The lowest BCUT2D eigenvalue weighted by Crippen LogP contribution is -2.45. The number of hydrogen-bond acceptors (Lipinski definition) is 3. The van der Waals surface area contributed by atoms with E-state index in [0.717, 1.165) is 21.2 Å². The molecule has 7 heteroatoms. The number of ether oxygens (including phenoxy) is 1. The van der Waals surface area contributed by atoms with Crippen molar-refractivity contribution in [2.75, 3.05) is 12.4 Å². The fourth-order valence-corrected chi connectivity index (χ4v) is 4.24. The molecule has 32 heavy (non-hydrogen) atoms. The van der Waals surface area contributed by atoms with Crippen LogP contribution in [0, 0.1) is 6.92 Å². The molecule has 1 heterocycles. The first kappa shape index (κ1) is 22.0. The van der Waals surface area contributed by atoms with E-state index in [4.69, 9.17) is 17.0 Å². The minimum Gasteiger partial charge on any atom is -0.496 e. The summed E-state index contributed by atoms with van der Waals surface area (Å²) in [4.78, 5) is 13.7. The van der Waals surface area contributed by atoms with E-state index in [1.807, 2.05) is 79.7 Å². The number of anilines is 1. The quantitative estimate of drug-likeness (QED) is 0.407. The molecule has 1 aliphatic rings. The van der Waals surface area contributed by atoms with Gasteiger partial charge < -0.3 is 20.7 Å². The number of amides is 1. The monoisotopic (exact) mass is 507 g/mol. The first-order valence-corrected chi connectivity index (χ1v) is 11.2. The predicted molar refractivity (Wildman–Crippen MR) is 135 cm³/mol. The van der Waals surface area contributed by atoms with Crippen molar-refractivity contribution in [2.45, 2.75) is 13.0 Å². The van der Waals surface area contributed by atoms with Crippen molar-refractivity contribution >= 4 is 50.6 Å². The van der Waals surface area contributed by atoms with Gasteiger partial charge in [0.2, 0.25) is 0 Å². The van der Waals surface area contributed by atoms with E-state index < -0.39 is 6.04 Å². The number of rotatable bonds is 5. The first-order chi connectivity index (χ1) is 15.5. The largest absolute Gasteiger partial charge is 0.496 e. The number of methoxy groups -OCH3 is 1. The van der Waals surface area contributed by atoms with Gasteiger partial charge >= 0.3 is 0 Å². The van der Waals surface area contributed by atoms with Crippen LogP contribution in [0.4, 0.5) is 5.69 Å². The molecular weight excluding hydrogens is 486 g/mol. The van der Waals surface area contributed by atoms with Gasteiger partial charge in [0, 0.05) is 15.7 Å². The van der Waals surface area contributed by atoms with E-state index in [9.17, 15) is 4.79 Å². The van der Waals surface area contributed by atoms with Crippen LogP contribution >= 0.6 is 28.1 Å². The topological polar surface area (TPSA) is 62.4 Å². The van der Waals surface area contributed by atoms with Gasteiger partial charge in [-0.05, 0) is 55.0 Å². The Morgan fingerprint density at radius 2 is 1.78 bits per heavy atom. The average Bonchev–Trinajstić information content (AvgIpc) is 2.80. The highest BCUT2D eigenvalue weighted by Crippen LogP contribution is 2.37. The molecule has 3 aromatic rings. The molecule has 1 amide bonds. The summed E-state index contributed by atoms with van der Waals surface area (Å²) in [5.41, 5.74) is 4.68. The summed E-state index contributed by atoms with van der Waals surface area (Å²) < 4.78 is 6.48. The molecule has 0 aromatic heterocycles. The molecule has 162 valence electrons. The normalized spacial score (nSPS) is 15.6. The Balaban J connectivity index is 1.87. The summed E-state index contributed by atoms with van der Waals surface area (Å²) in [6, 6.07) is 22.6. The Morgan fingerprint density at radius 3 is 2.47 bits per heavy atom. The SMILES string of the molecule is COc1ccc(Br)cc1[C@H]1NC(=S)NC(c2ccccc2)=C1C(=O)Nc1ccc(C)cc1. The summed E-state index contributed by atoms with van der Waals surface area (Å²) in [7, 11) is 1.61. The Morgan fingerprint density at radius 1 is 1.06 bits per heavy atom. The third-order valence-electron chi connectivity index (χ3n) is 5.19. The molecule has 4 rings (SSSR count). The molecule has 3 aromatic carbocycles. The second-order valence-corrected chi connectivity index (χ2v) is 8.72. The zero-order valence-electron chi connectivity index (χ0n) is 17.6. The van der Waals surface area contributed by atoms with Gasteiger partial charge in [0.05, 0.1) is 24.4 Å². The summed E-state index contributed by atoms with van der Waals surface area (Å²) >= 11 is 9.05. The van der Waals surface area contributed by atoms with E-state index in [1.54, 1.807) is 7.11 Å². The fraction of sp³-hybridized carbons (Fsp3) is 0.120. The average molecular weight is 508 g/mol. The number of thiocarbonyl (C=S) groups is 1. The molecule has 0 saturated carbocycles. The Labute approximate surface area is 201 Å². The van der Waals surface area contributed by atoms with Crippen molar-refractivity contribution in [2.24, 2.45) is 0 Å². The molecule has 0 aliphatic carbocycles. The van der Waals surface area contributed by atoms with Gasteiger partial charge in [-0.2, -0.15) is 0 Å². The number of nitrogens with one attached hydrogen (secondary N) is 3. The van der Waals surface area contributed by atoms with E-state index in [2.05, 4.69) is 31.9 Å². The third kappa shape index (κ3) is 4.69. The van der Waals surface area contributed by atoms with Crippen molar-refractivity contribution in [3.63, 3.8) is 0 Å². The van der Waals surface area contributed by atoms with Crippen molar-refractivity contribution in [1.29, 1.82) is 0 Å². The van der Waals surface area contributed by atoms with Crippen LogP contribution in [0.3, 0.4) is 0 Å². The number of halogens is 1. The number of benzene rings is 3. The zero-order chi connectivity index (χ0) is 22.7. The lowest BCUT2D eigenvalue weighted by Gasteiger charge is -2.32. The minimum absolute atomic E-state index is 0.234. The van der Waals surface area contributed by atoms with Crippen LogP contribution in [0.1, 0.15) is 22.7 Å². The summed E-state index contributed by atoms with van der Waals surface area (Å²) in [5.74, 6) is 0.422. The Hall–Kier alpha value is -3.16. The van der Waals surface area contributed by atoms with Crippen LogP contribution in [-0.2, 0) is 4.79 Å². The van der Waals surface area contributed by atoms with Gasteiger partial charge in [-0.25, -0.2) is 0 Å². The van der Waals surface area contributed by atoms with Gasteiger partial charge in [-0.15, -0.1) is 0 Å². The number of aryl methyl sites for hydroxylation is 1. The second kappa shape index (κ2) is 9.54. The van der Waals surface area contributed by atoms with Crippen molar-refractivity contribution in [1.82, 2.24) is 10.6 Å². The molecule has 0 spiro atoms. The van der Waals surface area contributed by atoms with Crippen molar-refractivity contribution in [3.05, 3.63) is 99.5 Å². The van der Waals surface area contributed by atoms with E-state index in [0.29, 0.717) is 27.8 Å². The summed E-state index contributed by atoms with van der Waals surface area (Å²) in [6.07, 6.45) is 0. The number of hydrogen-bond donors (Lipinski definition) is 3. The van der Waals surface area contributed by atoms with E-state index in [1.165, 1.54) is 0 Å². The summed E-state index contributed by atoms with van der Waals surface area (Å²) in [6.45, 7) is 2.01. The van der Waals surface area contributed by atoms with Crippen LogP contribution in [0.5, 0.6) is 5.75 Å². The van der Waals surface area contributed by atoms with Gasteiger partial charge in [-0.1, -0.05) is 64.0 Å². The molecule has 0 bridgehead atoms. The smallest absolute Gasteiger partial charge is 0.256 e. The molecule has 0 radical (unpaired) electrons. The van der Waals surface area contributed by atoms with Crippen LogP contribution < -0.4 is 20.7 Å². The maximum Gasteiger partial charge on any atom is 0.256 e. The highest BCUT2D eigenvalue weighted by Gasteiger charge is 2.34. The van der Waals surface area contributed by atoms with Crippen LogP contribution in [0.2, 0.25) is 0 Å². The number of carbonyl (C=O) groups excluding carboxylic acids is 1. The van der Waals surface area contributed by atoms with Gasteiger partial charge in [-0.3, -0.25) is 4.79 Å².